The van der Waals surface area contributed by atoms with Crippen LogP contribution in [0.5, 0.6) is 0 Å². The molecule has 0 bridgehead atoms. The predicted octanol–water partition coefficient (Wildman–Crippen LogP) is 2.10. The van der Waals surface area contributed by atoms with E-state index < -0.39 is 0 Å². The Hall–Kier alpha value is -1.82. The van der Waals surface area contributed by atoms with Gasteiger partial charge in [-0.1, -0.05) is 15.9 Å². The van der Waals surface area contributed by atoms with Crippen LogP contribution in [0.3, 0.4) is 0 Å². The number of carbonyl (C=O) groups is 1. The molecule has 0 saturated heterocycles. The summed E-state index contributed by atoms with van der Waals surface area (Å²) in [4.78, 5) is 19.6. The highest BCUT2D eigenvalue weighted by Crippen LogP contribution is 2.32. The van der Waals surface area contributed by atoms with Gasteiger partial charge in [0, 0.05) is 31.0 Å². The maximum absolute atomic E-state index is 11.9. The number of hydrogen-bond donors (Lipinski definition) is 1. The van der Waals surface area contributed by atoms with Gasteiger partial charge in [0.2, 0.25) is 5.91 Å². The van der Waals surface area contributed by atoms with E-state index in [0.29, 0.717) is 5.69 Å². The Morgan fingerprint density at radius 2 is 2.05 bits per heavy atom. The van der Waals surface area contributed by atoms with Crippen molar-refractivity contribution in [1.29, 1.82) is 0 Å². The van der Waals surface area contributed by atoms with Gasteiger partial charge >= 0.3 is 0 Å². The van der Waals surface area contributed by atoms with Crippen molar-refractivity contribution in [2.24, 2.45) is 0 Å². The number of nitrogens with zero attached hydrogens (tertiary/aromatic N) is 3. The summed E-state index contributed by atoms with van der Waals surface area (Å²) in [5.41, 5.74) is 8.28. The molecule has 106 valence electrons. The molecular weight excluding hydrogens is 320 g/mol. The molecule has 0 aliphatic heterocycles. The number of halogens is 1. The maximum atomic E-state index is 11.9. The number of carbonyl (C=O) groups excluding carboxylic acids is 1. The highest BCUT2D eigenvalue weighted by atomic mass is 79.9. The van der Waals surface area contributed by atoms with Gasteiger partial charge in [0.15, 0.2) is 0 Å². The second-order valence-electron chi connectivity index (χ2n) is 4.87. The second-order valence-corrected chi connectivity index (χ2v) is 5.78. The van der Waals surface area contributed by atoms with E-state index in [0.717, 1.165) is 21.1 Å². The molecular formula is C14H17BrN4O. The van der Waals surface area contributed by atoms with E-state index in [4.69, 9.17) is 5.73 Å². The predicted molar refractivity (Wildman–Crippen MR) is 85.8 cm³/mol. The minimum atomic E-state index is 0.0202. The molecule has 1 aromatic heterocycles. The molecule has 0 spiro atoms. The highest BCUT2D eigenvalue weighted by molar-refractivity contribution is 9.10. The van der Waals surface area contributed by atoms with Crippen molar-refractivity contribution in [1.82, 2.24) is 9.88 Å². The Morgan fingerprint density at radius 3 is 2.70 bits per heavy atom. The Balaban J connectivity index is 2.49. The Bertz CT molecular complexity index is 652. The zero-order valence-electron chi connectivity index (χ0n) is 11.7. The van der Waals surface area contributed by atoms with Crippen molar-refractivity contribution in [3.63, 3.8) is 0 Å². The molecule has 2 aromatic rings. The van der Waals surface area contributed by atoms with E-state index in [-0.39, 0.29) is 12.5 Å². The molecule has 2 rings (SSSR count). The Labute approximate surface area is 126 Å². The summed E-state index contributed by atoms with van der Waals surface area (Å²) in [5.74, 6) is 0.0202. The SMILES string of the molecule is CN(C)C(=O)CN(C)c1c(N)cnc2ccc(Br)cc12. The molecule has 0 saturated carbocycles. The lowest BCUT2D eigenvalue weighted by Gasteiger charge is -2.23. The van der Waals surface area contributed by atoms with Gasteiger partial charge in [0.05, 0.1) is 29.6 Å². The van der Waals surface area contributed by atoms with Crippen LogP contribution in [0.4, 0.5) is 11.4 Å². The number of anilines is 2. The first kappa shape index (κ1) is 14.6. The van der Waals surface area contributed by atoms with Gasteiger partial charge in [0.25, 0.3) is 0 Å². The molecule has 0 atom stereocenters. The number of fused-ring (bicyclic) bond motifs is 1. The van der Waals surface area contributed by atoms with Crippen LogP contribution < -0.4 is 10.6 Å². The third kappa shape index (κ3) is 2.85. The number of hydrogen-bond acceptors (Lipinski definition) is 4. The topological polar surface area (TPSA) is 62.5 Å². The lowest BCUT2D eigenvalue weighted by Crippen LogP contribution is -2.34. The van der Waals surface area contributed by atoms with Gasteiger partial charge < -0.3 is 15.5 Å². The van der Waals surface area contributed by atoms with Gasteiger partial charge in [-0.05, 0) is 18.2 Å². The zero-order chi connectivity index (χ0) is 14.9. The van der Waals surface area contributed by atoms with Gasteiger partial charge in [-0.3, -0.25) is 9.78 Å². The van der Waals surface area contributed by atoms with Gasteiger partial charge in [0.1, 0.15) is 0 Å². The number of pyridine rings is 1. The fourth-order valence-corrected chi connectivity index (χ4v) is 2.38. The monoisotopic (exact) mass is 336 g/mol. The summed E-state index contributed by atoms with van der Waals surface area (Å²) >= 11 is 3.45. The van der Waals surface area contributed by atoms with Crippen LogP contribution in [0.2, 0.25) is 0 Å². The van der Waals surface area contributed by atoms with E-state index in [1.165, 1.54) is 0 Å². The number of likely N-dealkylation sites (N-methyl/N-ethyl adjacent to an activating group) is 2. The second kappa shape index (κ2) is 5.66. The number of amides is 1. The van der Waals surface area contributed by atoms with E-state index in [1.807, 2.05) is 30.1 Å². The van der Waals surface area contributed by atoms with Crippen LogP contribution in [-0.4, -0.2) is 43.5 Å². The fourth-order valence-electron chi connectivity index (χ4n) is 2.02. The summed E-state index contributed by atoms with van der Waals surface area (Å²) in [7, 11) is 5.33. The third-order valence-electron chi connectivity index (χ3n) is 3.08. The lowest BCUT2D eigenvalue weighted by molar-refractivity contribution is -0.127. The molecule has 5 nitrogen and oxygen atoms in total. The van der Waals surface area contributed by atoms with Gasteiger partial charge in [-0.2, -0.15) is 0 Å². The first-order valence-electron chi connectivity index (χ1n) is 6.15. The van der Waals surface area contributed by atoms with Crippen molar-refractivity contribution >= 4 is 44.1 Å². The molecule has 6 heteroatoms. The van der Waals surface area contributed by atoms with Crippen molar-refractivity contribution < 1.29 is 4.79 Å². The normalized spacial score (nSPS) is 10.6. The van der Waals surface area contributed by atoms with Crippen LogP contribution in [0.25, 0.3) is 10.9 Å². The number of nitrogens with two attached hydrogens (primary N) is 1. The van der Waals surface area contributed by atoms with E-state index in [2.05, 4.69) is 20.9 Å². The van der Waals surface area contributed by atoms with Crippen LogP contribution in [0, 0.1) is 0 Å². The van der Waals surface area contributed by atoms with Crippen LogP contribution in [0.15, 0.2) is 28.9 Å². The van der Waals surface area contributed by atoms with Crippen LogP contribution in [0.1, 0.15) is 0 Å². The largest absolute Gasteiger partial charge is 0.396 e. The molecule has 1 heterocycles. The standard InChI is InChI=1S/C14H17BrN4O/c1-18(2)13(20)8-19(3)14-10-6-9(15)4-5-12(10)17-7-11(14)16/h4-7H,8,16H2,1-3H3. The number of aromatic nitrogens is 1. The smallest absolute Gasteiger partial charge is 0.241 e. The van der Waals surface area contributed by atoms with Crippen LogP contribution in [-0.2, 0) is 4.79 Å². The first-order valence-corrected chi connectivity index (χ1v) is 6.94. The van der Waals surface area contributed by atoms with Crippen molar-refractivity contribution in [3.05, 3.63) is 28.9 Å². The van der Waals surface area contributed by atoms with E-state index >= 15 is 0 Å². The average Bonchev–Trinajstić information content (AvgIpc) is 2.37. The molecule has 1 amide bonds. The van der Waals surface area contributed by atoms with Crippen molar-refractivity contribution in [2.45, 2.75) is 0 Å². The molecule has 0 aliphatic carbocycles. The molecule has 20 heavy (non-hydrogen) atoms. The molecule has 0 unspecified atom stereocenters. The minimum Gasteiger partial charge on any atom is -0.396 e. The summed E-state index contributed by atoms with van der Waals surface area (Å²) in [6, 6.07) is 5.81. The van der Waals surface area contributed by atoms with E-state index in [9.17, 15) is 4.79 Å². The van der Waals surface area contributed by atoms with Crippen LogP contribution >= 0.6 is 15.9 Å². The maximum Gasteiger partial charge on any atom is 0.241 e. The molecule has 1 aromatic carbocycles. The Kier molecular flexibility index (Phi) is 4.13. The highest BCUT2D eigenvalue weighted by Gasteiger charge is 2.15. The van der Waals surface area contributed by atoms with E-state index in [1.54, 1.807) is 25.2 Å². The number of nitrogen functional groups attached to an aromatic ring is 1. The molecule has 2 N–H and O–H groups in total. The Morgan fingerprint density at radius 1 is 1.35 bits per heavy atom. The minimum absolute atomic E-state index is 0.0202. The van der Waals surface area contributed by atoms with Crippen molar-refractivity contribution in [3.8, 4) is 0 Å². The molecule has 0 radical (unpaired) electrons. The summed E-state index contributed by atoms with van der Waals surface area (Å²) < 4.78 is 0.950. The molecule has 0 aliphatic rings. The van der Waals surface area contributed by atoms with Gasteiger partial charge in [-0.25, -0.2) is 0 Å². The lowest BCUT2D eigenvalue weighted by atomic mass is 10.1. The number of rotatable bonds is 3. The average molecular weight is 337 g/mol. The summed E-state index contributed by atoms with van der Waals surface area (Å²) in [5, 5.41) is 0.924. The molecule has 0 fully saturated rings. The first-order chi connectivity index (χ1) is 9.40. The van der Waals surface area contributed by atoms with Gasteiger partial charge in [-0.15, -0.1) is 0 Å². The summed E-state index contributed by atoms with van der Waals surface area (Å²) in [6.07, 6.45) is 1.63. The quantitative estimate of drug-likeness (QED) is 0.932. The summed E-state index contributed by atoms with van der Waals surface area (Å²) in [6.45, 7) is 0.267. The number of benzene rings is 1. The zero-order valence-corrected chi connectivity index (χ0v) is 13.3. The van der Waals surface area contributed by atoms with Crippen molar-refractivity contribution in [2.75, 3.05) is 38.3 Å². The third-order valence-corrected chi connectivity index (χ3v) is 3.58. The fraction of sp³-hybridized carbons (Fsp3) is 0.286.